The molecule has 0 unspecified atom stereocenters. The highest BCUT2D eigenvalue weighted by atomic mass is 32.2. The van der Waals surface area contributed by atoms with E-state index in [1.54, 1.807) is 6.92 Å². The molecule has 0 aromatic heterocycles. The number of nitrogens with zero attached hydrogens (tertiary/aromatic N) is 2. The largest absolute Gasteiger partial charge is 0.481 e. The minimum Gasteiger partial charge on any atom is -0.481 e. The van der Waals surface area contributed by atoms with E-state index >= 15 is 0 Å². The third kappa shape index (κ3) is 5.14. The molecule has 0 spiro atoms. The van der Waals surface area contributed by atoms with Crippen molar-refractivity contribution in [1.82, 2.24) is 4.90 Å². The SMILES string of the molecule is CCOC(C)=NCCSC1=C(C(=O)O)N2C(=O)[C@@H]([C@H](C)O[Si](C)(C)C)[C@H]2C1. The molecule has 2 aliphatic heterocycles. The Morgan fingerprint density at radius 3 is 2.67 bits per heavy atom. The maximum atomic E-state index is 12.6. The second kappa shape index (κ2) is 8.79. The third-order valence-corrected chi connectivity index (χ3v) is 6.65. The van der Waals surface area contributed by atoms with Crippen LogP contribution in [0, 0.1) is 5.92 Å². The predicted molar refractivity (Wildman–Crippen MR) is 109 cm³/mol. The molecule has 0 bridgehead atoms. The van der Waals surface area contributed by atoms with Crippen LogP contribution in [0.5, 0.6) is 0 Å². The second-order valence-corrected chi connectivity index (χ2v) is 13.4. The quantitative estimate of drug-likeness (QED) is 0.205. The van der Waals surface area contributed by atoms with Crippen molar-refractivity contribution in [2.75, 3.05) is 18.9 Å². The molecule has 3 atom stereocenters. The van der Waals surface area contributed by atoms with Crippen LogP contribution in [0.4, 0.5) is 0 Å². The van der Waals surface area contributed by atoms with Gasteiger partial charge in [0.25, 0.3) is 0 Å². The van der Waals surface area contributed by atoms with E-state index in [0.717, 1.165) is 4.91 Å². The molecule has 2 rings (SSSR count). The van der Waals surface area contributed by atoms with Gasteiger partial charge in [0, 0.05) is 24.0 Å². The second-order valence-electron chi connectivity index (χ2n) is 7.70. The molecule has 152 valence electrons. The lowest BCUT2D eigenvalue weighted by Gasteiger charge is -2.46. The number of hydrogen-bond acceptors (Lipinski definition) is 6. The topological polar surface area (TPSA) is 88.4 Å². The van der Waals surface area contributed by atoms with Crippen molar-refractivity contribution in [2.45, 2.75) is 59.0 Å². The first kappa shape index (κ1) is 22.0. The lowest BCUT2D eigenvalue weighted by atomic mass is 9.83. The summed E-state index contributed by atoms with van der Waals surface area (Å²) in [4.78, 5) is 30.9. The van der Waals surface area contributed by atoms with Crippen molar-refractivity contribution in [3.05, 3.63) is 10.6 Å². The zero-order valence-electron chi connectivity index (χ0n) is 16.9. The molecule has 2 heterocycles. The highest BCUT2D eigenvalue weighted by Crippen LogP contribution is 2.47. The van der Waals surface area contributed by atoms with Gasteiger partial charge in [-0.15, -0.1) is 11.8 Å². The number of carboxylic acids is 1. The van der Waals surface area contributed by atoms with Gasteiger partial charge in [-0.25, -0.2) is 4.79 Å². The number of ether oxygens (including phenoxy) is 1. The Labute approximate surface area is 166 Å². The average Bonchev–Trinajstić information content (AvgIpc) is 2.84. The van der Waals surface area contributed by atoms with E-state index in [0.29, 0.717) is 31.2 Å². The number of thioether (sulfide) groups is 1. The fraction of sp³-hybridized carbons (Fsp3) is 0.722. The van der Waals surface area contributed by atoms with Crippen molar-refractivity contribution in [3.63, 3.8) is 0 Å². The maximum Gasteiger partial charge on any atom is 0.353 e. The van der Waals surface area contributed by atoms with Crippen molar-refractivity contribution >= 4 is 37.9 Å². The molecule has 1 saturated heterocycles. The minimum absolute atomic E-state index is 0.105. The molecule has 27 heavy (non-hydrogen) atoms. The Morgan fingerprint density at radius 2 is 2.11 bits per heavy atom. The van der Waals surface area contributed by atoms with Crippen LogP contribution in [0.15, 0.2) is 15.6 Å². The van der Waals surface area contributed by atoms with Crippen LogP contribution in [-0.4, -0.2) is 67.1 Å². The van der Waals surface area contributed by atoms with Gasteiger partial charge in [0.05, 0.1) is 31.2 Å². The highest BCUT2D eigenvalue weighted by Gasteiger charge is 2.57. The van der Waals surface area contributed by atoms with Gasteiger partial charge in [0.2, 0.25) is 5.91 Å². The van der Waals surface area contributed by atoms with Gasteiger partial charge >= 0.3 is 5.97 Å². The molecule has 1 amide bonds. The first-order chi connectivity index (χ1) is 12.6. The van der Waals surface area contributed by atoms with Gasteiger partial charge < -0.3 is 19.2 Å². The number of carbonyl (C=O) groups excluding carboxylic acids is 1. The Bertz CT molecular complexity index is 659. The fourth-order valence-electron chi connectivity index (χ4n) is 3.60. The average molecular weight is 415 g/mol. The fourth-order valence-corrected chi connectivity index (χ4v) is 5.90. The molecular formula is C18H30N2O5SSi. The Morgan fingerprint density at radius 1 is 1.44 bits per heavy atom. The molecule has 9 heteroatoms. The summed E-state index contributed by atoms with van der Waals surface area (Å²) >= 11 is 1.47. The summed E-state index contributed by atoms with van der Waals surface area (Å²) in [6.07, 6.45) is 0.388. The smallest absolute Gasteiger partial charge is 0.353 e. The van der Waals surface area contributed by atoms with Gasteiger partial charge in [0.15, 0.2) is 14.2 Å². The zero-order chi connectivity index (χ0) is 20.4. The van der Waals surface area contributed by atoms with Crippen molar-refractivity contribution in [3.8, 4) is 0 Å². The molecule has 0 aromatic rings. The number of aliphatic imine (C=N–C) groups is 1. The number of hydrogen-bond donors (Lipinski definition) is 1. The third-order valence-electron chi connectivity index (χ3n) is 4.47. The number of β-lactam (4-membered cyclic amide) rings is 1. The van der Waals surface area contributed by atoms with Crippen molar-refractivity contribution in [1.29, 1.82) is 0 Å². The highest BCUT2D eigenvalue weighted by molar-refractivity contribution is 8.03. The molecule has 0 saturated carbocycles. The summed E-state index contributed by atoms with van der Waals surface area (Å²) in [5.41, 5.74) is 0.136. The monoisotopic (exact) mass is 414 g/mol. The summed E-state index contributed by atoms with van der Waals surface area (Å²) in [6.45, 7) is 13.0. The number of amides is 1. The lowest BCUT2D eigenvalue weighted by Crippen LogP contribution is -2.63. The Hall–Kier alpha value is -1.32. The minimum atomic E-state index is -1.77. The number of rotatable bonds is 9. The van der Waals surface area contributed by atoms with Crippen LogP contribution >= 0.6 is 11.8 Å². The van der Waals surface area contributed by atoms with Crippen LogP contribution in [0.1, 0.15) is 27.2 Å². The van der Waals surface area contributed by atoms with E-state index in [9.17, 15) is 14.7 Å². The molecule has 0 aromatic carbocycles. The molecule has 0 radical (unpaired) electrons. The summed E-state index contributed by atoms with van der Waals surface area (Å²) in [5.74, 6) is -0.157. The number of fused-ring (bicyclic) bond motifs is 1. The van der Waals surface area contributed by atoms with Gasteiger partial charge in [-0.2, -0.15) is 0 Å². The summed E-state index contributed by atoms with van der Waals surface area (Å²) in [5, 5.41) is 9.61. The summed E-state index contributed by atoms with van der Waals surface area (Å²) < 4.78 is 11.4. The van der Waals surface area contributed by atoms with E-state index < -0.39 is 14.3 Å². The van der Waals surface area contributed by atoms with Crippen LogP contribution in [-0.2, 0) is 18.8 Å². The molecule has 1 fully saturated rings. The predicted octanol–water partition coefficient (Wildman–Crippen LogP) is 2.94. The van der Waals surface area contributed by atoms with E-state index in [2.05, 4.69) is 24.6 Å². The van der Waals surface area contributed by atoms with Crippen LogP contribution < -0.4 is 0 Å². The number of carbonyl (C=O) groups is 2. The molecule has 1 N–H and O–H groups in total. The maximum absolute atomic E-state index is 12.6. The Balaban J connectivity index is 2.02. The summed E-state index contributed by atoms with van der Waals surface area (Å²) in [6, 6.07) is -0.105. The van der Waals surface area contributed by atoms with E-state index in [1.165, 1.54) is 16.7 Å². The lowest BCUT2D eigenvalue weighted by molar-refractivity contribution is -0.160. The van der Waals surface area contributed by atoms with Gasteiger partial charge in [-0.3, -0.25) is 9.79 Å². The standard InChI is InChI=1S/C18H30N2O5SSi/c1-7-24-12(3)19-8-9-26-14-10-13-15(11(2)25-27(4,5)6)17(21)20(13)16(14)18(22)23/h11,13,15H,7-10H2,1-6H3,(H,22,23)/t11-,13+,15-/m0/s1. The number of carboxylic acid groups (broad SMARTS) is 1. The summed E-state index contributed by atoms with van der Waals surface area (Å²) in [7, 11) is -1.77. The van der Waals surface area contributed by atoms with Crippen LogP contribution in [0.2, 0.25) is 19.6 Å². The first-order valence-electron chi connectivity index (χ1n) is 9.30. The van der Waals surface area contributed by atoms with E-state index in [-0.39, 0.29) is 29.7 Å². The van der Waals surface area contributed by atoms with Crippen LogP contribution in [0.25, 0.3) is 0 Å². The number of aliphatic carboxylic acids is 1. The Kier molecular flexibility index (Phi) is 7.15. The molecule has 0 aliphatic carbocycles. The van der Waals surface area contributed by atoms with Gasteiger partial charge in [0.1, 0.15) is 5.70 Å². The van der Waals surface area contributed by atoms with Crippen LogP contribution in [0.3, 0.4) is 0 Å². The van der Waals surface area contributed by atoms with Crippen molar-refractivity contribution in [2.24, 2.45) is 10.9 Å². The first-order valence-corrected chi connectivity index (χ1v) is 13.7. The molecule has 2 aliphatic rings. The zero-order valence-corrected chi connectivity index (χ0v) is 18.8. The molecular weight excluding hydrogens is 384 g/mol. The van der Waals surface area contributed by atoms with E-state index in [4.69, 9.17) is 9.16 Å². The van der Waals surface area contributed by atoms with Gasteiger partial charge in [-0.05, 0) is 33.5 Å². The molecule has 7 nitrogen and oxygen atoms in total. The normalized spacial score (nSPS) is 24.0. The van der Waals surface area contributed by atoms with Crippen molar-refractivity contribution < 1.29 is 23.9 Å². The van der Waals surface area contributed by atoms with E-state index in [1.807, 2.05) is 13.8 Å². The van der Waals surface area contributed by atoms with Gasteiger partial charge in [-0.1, -0.05) is 0 Å².